The van der Waals surface area contributed by atoms with Crippen molar-refractivity contribution in [1.29, 1.82) is 0 Å². The number of para-hydroxylation sites is 2. The Morgan fingerprint density at radius 1 is 0.962 bits per heavy atom. The van der Waals surface area contributed by atoms with E-state index in [1.54, 1.807) is 38.4 Å². The molecule has 0 aliphatic carbocycles. The largest absolute Gasteiger partial charge is 0.493 e. The molecule has 1 amide bonds. The van der Waals surface area contributed by atoms with Crippen LogP contribution in [0.3, 0.4) is 0 Å². The molecule has 26 heavy (non-hydrogen) atoms. The molecule has 1 heterocycles. The Morgan fingerprint density at radius 3 is 2.23 bits per heavy atom. The molecule has 7 heteroatoms. The molecule has 2 aromatic rings. The highest BCUT2D eigenvalue weighted by atomic mass is 16.5. The van der Waals surface area contributed by atoms with Crippen LogP contribution in [0.5, 0.6) is 11.5 Å². The molecule has 0 radical (unpaired) electrons. The first-order valence-corrected chi connectivity index (χ1v) is 8.31. The van der Waals surface area contributed by atoms with Gasteiger partial charge in [-0.3, -0.25) is 4.79 Å². The molecule has 0 unspecified atom stereocenters. The molecule has 2 rings (SSSR count). The van der Waals surface area contributed by atoms with Crippen LogP contribution < -0.4 is 9.47 Å². The summed E-state index contributed by atoms with van der Waals surface area (Å²) in [6.07, 6.45) is 0. The Hall–Kier alpha value is -2.51. The Morgan fingerprint density at radius 2 is 1.62 bits per heavy atom. The third kappa shape index (κ3) is 5.50. The summed E-state index contributed by atoms with van der Waals surface area (Å²) in [6, 6.07) is 10.7. The summed E-state index contributed by atoms with van der Waals surface area (Å²) in [5, 5.41) is 0. The van der Waals surface area contributed by atoms with Crippen molar-refractivity contribution in [3.8, 4) is 11.5 Å². The van der Waals surface area contributed by atoms with Crippen molar-refractivity contribution in [3.63, 3.8) is 0 Å². The van der Waals surface area contributed by atoms with E-state index in [-0.39, 0.29) is 18.3 Å². The summed E-state index contributed by atoms with van der Waals surface area (Å²) in [6.45, 7) is 2.02. The van der Waals surface area contributed by atoms with Crippen molar-refractivity contribution in [1.82, 2.24) is 4.90 Å². The van der Waals surface area contributed by atoms with Gasteiger partial charge in [0.1, 0.15) is 12.4 Å². The van der Waals surface area contributed by atoms with E-state index in [0.717, 1.165) is 0 Å². The first-order valence-electron chi connectivity index (χ1n) is 8.31. The number of rotatable bonds is 11. The Kier molecular flexibility index (Phi) is 7.98. The van der Waals surface area contributed by atoms with Gasteiger partial charge in [0.25, 0.3) is 5.91 Å². The van der Waals surface area contributed by atoms with Gasteiger partial charge < -0.3 is 28.3 Å². The SMILES string of the molecule is COCCN(CCOC)C(=O)c1ccc(COc2ccccc2OC)o1. The fourth-order valence-electron chi connectivity index (χ4n) is 2.33. The Labute approximate surface area is 153 Å². The highest BCUT2D eigenvalue weighted by molar-refractivity contribution is 5.91. The Bertz CT molecular complexity index is 676. The van der Waals surface area contributed by atoms with Crippen LogP contribution in [0.15, 0.2) is 40.8 Å². The maximum Gasteiger partial charge on any atom is 0.289 e. The second kappa shape index (κ2) is 10.5. The monoisotopic (exact) mass is 363 g/mol. The minimum Gasteiger partial charge on any atom is -0.493 e. The van der Waals surface area contributed by atoms with E-state index in [2.05, 4.69) is 0 Å². The van der Waals surface area contributed by atoms with E-state index in [0.29, 0.717) is 43.6 Å². The molecule has 0 bridgehead atoms. The van der Waals surface area contributed by atoms with Crippen LogP contribution in [0.4, 0.5) is 0 Å². The second-order valence-corrected chi connectivity index (χ2v) is 5.48. The van der Waals surface area contributed by atoms with Gasteiger partial charge in [-0.05, 0) is 24.3 Å². The van der Waals surface area contributed by atoms with Crippen LogP contribution in [0.25, 0.3) is 0 Å². The lowest BCUT2D eigenvalue weighted by atomic mass is 10.3. The molecule has 0 N–H and O–H groups in total. The molecule has 0 spiro atoms. The molecule has 142 valence electrons. The lowest BCUT2D eigenvalue weighted by Crippen LogP contribution is -2.36. The second-order valence-electron chi connectivity index (χ2n) is 5.48. The van der Waals surface area contributed by atoms with Crippen LogP contribution in [0.2, 0.25) is 0 Å². The number of ether oxygens (including phenoxy) is 4. The smallest absolute Gasteiger partial charge is 0.289 e. The van der Waals surface area contributed by atoms with Gasteiger partial charge >= 0.3 is 0 Å². The summed E-state index contributed by atoms with van der Waals surface area (Å²) in [4.78, 5) is 14.2. The first kappa shape index (κ1) is 19.8. The molecular formula is C19H25NO6. The van der Waals surface area contributed by atoms with Crippen molar-refractivity contribution in [2.45, 2.75) is 6.61 Å². The molecular weight excluding hydrogens is 338 g/mol. The quantitative estimate of drug-likeness (QED) is 0.611. The molecule has 0 atom stereocenters. The van der Waals surface area contributed by atoms with Gasteiger partial charge in [0.05, 0.1) is 20.3 Å². The van der Waals surface area contributed by atoms with Gasteiger partial charge in [-0.2, -0.15) is 0 Å². The number of hydrogen-bond donors (Lipinski definition) is 0. The normalized spacial score (nSPS) is 10.6. The van der Waals surface area contributed by atoms with Crippen LogP contribution in [-0.4, -0.2) is 58.4 Å². The lowest BCUT2D eigenvalue weighted by molar-refractivity contribution is 0.0594. The molecule has 0 saturated heterocycles. The third-order valence-electron chi connectivity index (χ3n) is 3.73. The fourth-order valence-corrected chi connectivity index (χ4v) is 2.33. The van der Waals surface area contributed by atoms with Crippen molar-refractivity contribution in [3.05, 3.63) is 47.9 Å². The van der Waals surface area contributed by atoms with Crippen LogP contribution in [0.1, 0.15) is 16.3 Å². The number of furan rings is 1. The van der Waals surface area contributed by atoms with Gasteiger partial charge in [0.2, 0.25) is 0 Å². The van der Waals surface area contributed by atoms with Crippen LogP contribution >= 0.6 is 0 Å². The van der Waals surface area contributed by atoms with Gasteiger partial charge in [-0.25, -0.2) is 0 Å². The van der Waals surface area contributed by atoms with E-state index >= 15 is 0 Å². The summed E-state index contributed by atoms with van der Waals surface area (Å²) in [5.74, 6) is 1.86. The third-order valence-corrected chi connectivity index (χ3v) is 3.73. The molecule has 0 aliphatic heterocycles. The standard InChI is InChI=1S/C19H25NO6/c1-22-12-10-20(11-13-23-2)19(21)18-9-8-15(26-18)14-25-17-7-5-4-6-16(17)24-3/h4-9H,10-14H2,1-3H3. The maximum atomic E-state index is 12.6. The maximum absolute atomic E-state index is 12.6. The van der Waals surface area contributed by atoms with E-state index in [4.69, 9.17) is 23.4 Å². The van der Waals surface area contributed by atoms with Crippen LogP contribution in [0, 0.1) is 0 Å². The topological polar surface area (TPSA) is 70.4 Å². The summed E-state index contributed by atoms with van der Waals surface area (Å²) >= 11 is 0. The van der Waals surface area contributed by atoms with Gasteiger partial charge in [0.15, 0.2) is 17.3 Å². The number of nitrogens with zero attached hydrogens (tertiary/aromatic N) is 1. The zero-order valence-corrected chi connectivity index (χ0v) is 15.4. The minimum atomic E-state index is -0.206. The van der Waals surface area contributed by atoms with Crippen LogP contribution in [-0.2, 0) is 16.1 Å². The van der Waals surface area contributed by atoms with Crippen molar-refractivity contribution in [2.24, 2.45) is 0 Å². The van der Waals surface area contributed by atoms with E-state index < -0.39 is 0 Å². The fraction of sp³-hybridized carbons (Fsp3) is 0.421. The highest BCUT2D eigenvalue weighted by Gasteiger charge is 2.19. The zero-order chi connectivity index (χ0) is 18.8. The van der Waals surface area contributed by atoms with Crippen molar-refractivity contribution < 1.29 is 28.2 Å². The average molecular weight is 363 g/mol. The van der Waals surface area contributed by atoms with Crippen molar-refractivity contribution >= 4 is 5.91 Å². The highest BCUT2D eigenvalue weighted by Crippen LogP contribution is 2.26. The van der Waals surface area contributed by atoms with Gasteiger partial charge in [0, 0.05) is 27.3 Å². The van der Waals surface area contributed by atoms with Gasteiger partial charge in [-0.1, -0.05) is 12.1 Å². The lowest BCUT2D eigenvalue weighted by Gasteiger charge is -2.20. The predicted molar refractivity (Wildman–Crippen MR) is 95.7 cm³/mol. The number of carbonyl (C=O) groups is 1. The molecule has 0 aliphatic rings. The predicted octanol–water partition coefficient (Wildman–Crippen LogP) is 2.60. The first-order chi connectivity index (χ1) is 12.7. The average Bonchev–Trinajstić information content (AvgIpc) is 3.15. The van der Waals surface area contributed by atoms with E-state index in [9.17, 15) is 4.79 Å². The molecule has 7 nitrogen and oxygen atoms in total. The molecule has 1 aromatic carbocycles. The molecule has 0 fully saturated rings. The Balaban J connectivity index is 1.99. The summed E-state index contributed by atoms with van der Waals surface area (Å²) in [7, 11) is 4.78. The summed E-state index contributed by atoms with van der Waals surface area (Å²) < 4.78 is 26.7. The zero-order valence-electron chi connectivity index (χ0n) is 15.4. The number of amides is 1. The molecule has 0 saturated carbocycles. The minimum absolute atomic E-state index is 0.198. The number of benzene rings is 1. The van der Waals surface area contributed by atoms with Crippen molar-refractivity contribution in [2.75, 3.05) is 47.6 Å². The van der Waals surface area contributed by atoms with Gasteiger partial charge in [-0.15, -0.1) is 0 Å². The van der Waals surface area contributed by atoms with E-state index in [1.807, 2.05) is 24.3 Å². The molecule has 1 aromatic heterocycles. The van der Waals surface area contributed by atoms with E-state index in [1.165, 1.54) is 0 Å². The number of hydrogen-bond acceptors (Lipinski definition) is 6. The number of carbonyl (C=O) groups excluding carboxylic acids is 1. The summed E-state index contributed by atoms with van der Waals surface area (Å²) in [5.41, 5.74) is 0. The number of methoxy groups -OCH3 is 3.